The molecule has 1 amide bonds. The molecule has 3 N–H and O–H groups in total. The molecule has 0 aliphatic carbocycles. The van der Waals surface area contributed by atoms with Crippen molar-refractivity contribution in [2.24, 2.45) is 5.73 Å². The molecule has 1 rings (SSSR count). The van der Waals surface area contributed by atoms with Crippen molar-refractivity contribution in [2.45, 2.75) is 25.9 Å². The predicted octanol–water partition coefficient (Wildman–Crippen LogP) is 0.680. The zero-order valence-corrected chi connectivity index (χ0v) is 10.3. The summed E-state index contributed by atoms with van der Waals surface area (Å²) in [6.07, 6.45) is 2.67. The number of nitrogens with one attached hydrogen (secondary N) is 1. The van der Waals surface area contributed by atoms with Gasteiger partial charge in [-0.3, -0.25) is 4.79 Å². The molecule has 0 aromatic carbocycles. The largest absolute Gasteiger partial charge is 0.361 e. The highest BCUT2D eigenvalue weighted by Gasteiger charge is 2.12. The summed E-state index contributed by atoms with van der Waals surface area (Å²) < 4.78 is 4.89. The normalized spacial score (nSPS) is 12.4. The second-order valence-electron chi connectivity index (χ2n) is 3.53. The van der Waals surface area contributed by atoms with E-state index in [1.807, 2.05) is 13.2 Å². The third kappa shape index (κ3) is 4.24. The molecule has 0 unspecified atom stereocenters. The van der Waals surface area contributed by atoms with Crippen LogP contribution >= 0.6 is 11.8 Å². The van der Waals surface area contributed by atoms with Crippen molar-refractivity contribution >= 4 is 17.7 Å². The van der Waals surface area contributed by atoms with Crippen LogP contribution in [0.3, 0.4) is 0 Å². The van der Waals surface area contributed by atoms with Gasteiger partial charge < -0.3 is 15.6 Å². The summed E-state index contributed by atoms with van der Waals surface area (Å²) in [6.45, 7) is 2.17. The van der Waals surface area contributed by atoms with Crippen LogP contribution in [0.5, 0.6) is 0 Å². The van der Waals surface area contributed by atoms with E-state index >= 15 is 0 Å². The molecule has 0 aliphatic heterocycles. The highest BCUT2D eigenvalue weighted by Crippen LogP contribution is 2.02. The van der Waals surface area contributed by atoms with E-state index in [0.29, 0.717) is 18.7 Å². The number of carbonyl (C=O) groups is 1. The first-order valence-electron chi connectivity index (χ1n) is 5.08. The summed E-state index contributed by atoms with van der Waals surface area (Å²) in [5.41, 5.74) is 6.41. The molecule has 1 atom stereocenters. The number of nitrogens with two attached hydrogens (primary N) is 1. The highest BCUT2D eigenvalue weighted by atomic mass is 32.2. The number of thioether (sulfide) groups is 1. The molecular formula is C10H17N3O2S. The number of carbonyl (C=O) groups excluding carboxylic acids is 1. The minimum Gasteiger partial charge on any atom is -0.361 e. The van der Waals surface area contributed by atoms with Gasteiger partial charge in [-0.05, 0) is 25.4 Å². The van der Waals surface area contributed by atoms with Crippen LogP contribution in [0, 0.1) is 6.92 Å². The minimum absolute atomic E-state index is 0.144. The highest BCUT2D eigenvalue weighted by molar-refractivity contribution is 7.98. The summed E-state index contributed by atoms with van der Waals surface area (Å²) in [4.78, 5) is 11.5. The van der Waals surface area contributed by atoms with Crippen molar-refractivity contribution < 1.29 is 9.32 Å². The number of hydrogen-bond acceptors (Lipinski definition) is 5. The molecule has 90 valence electrons. The van der Waals surface area contributed by atoms with E-state index in [1.54, 1.807) is 17.8 Å². The number of aromatic nitrogens is 1. The molecule has 0 radical (unpaired) electrons. The molecule has 1 aromatic heterocycles. The Balaban J connectivity index is 2.29. The van der Waals surface area contributed by atoms with Crippen LogP contribution in [-0.4, -0.2) is 29.1 Å². The summed E-state index contributed by atoms with van der Waals surface area (Å²) in [5.74, 6) is 1.48. The fourth-order valence-corrected chi connectivity index (χ4v) is 1.68. The molecule has 0 bridgehead atoms. The van der Waals surface area contributed by atoms with Gasteiger partial charge in [0.15, 0.2) is 0 Å². The number of hydrogen-bond donors (Lipinski definition) is 2. The van der Waals surface area contributed by atoms with Crippen molar-refractivity contribution in [1.82, 2.24) is 10.5 Å². The minimum atomic E-state index is -0.444. The molecule has 0 saturated heterocycles. The van der Waals surface area contributed by atoms with Crippen molar-refractivity contribution in [3.63, 3.8) is 0 Å². The average molecular weight is 243 g/mol. The van der Waals surface area contributed by atoms with Crippen molar-refractivity contribution in [3.05, 3.63) is 17.5 Å². The van der Waals surface area contributed by atoms with E-state index in [4.69, 9.17) is 10.3 Å². The lowest BCUT2D eigenvalue weighted by Gasteiger charge is -2.10. The van der Waals surface area contributed by atoms with Gasteiger partial charge in [0.2, 0.25) is 5.91 Å². The van der Waals surface area contributed by atoms with Crippen molar-refractivity contribution in [2.75, 3.05) is 12.0 Å². The Bertz CT molecular complexity index is 341. The first-order valence-corrected chi connectivity index (χ1v) is 6.47. The molecule has 0 spiro atoms. The number of rotatable bonds is 6. The maximum absolute atomic E-state index is 11.5. The number of nitrogens with zero attached hydrogens (tertiary/aromatic N) is 1. The third-order valence-electron chi connectivity index (χ3n) is 2.09. The van der Waals surface area contributed by atoms with E-state index in [0.717, 1.165) is 11.5 Å². The quantitative estimate of drug-likeness (QED) is 0.768. The van der Waals surface area contributed by atoms with Gasteiger partial charge in [0.05, 0.1) is 12.6 Å². The van der Waals surface area contributed by atoms with Crippen molar-refractivity contribution in [3.8, 4) is 0 Å². The van der Waals surface area contributed by atoms with Gasteiger partial charge in [0.1, 0.15) is 11.5 Å². The zero-order valence-electron chi connectivity index (χ0n) is 9.53. The lowest BCUT2D eigenvalue weighted by atomic mass is 10.2. The number of aryl methyl sites for hydroxylation is 1. The summed E-state index contributed by atoms with van der Waals surface area (Å²) >= 11 is 1.68. The first kappa shape index (κ1) is 13.1. The smallest absolute Gasteiger partial charge is 0.237 e. The maximum Gasteiger partial charge on any atom is 0.237 e. The molecule has 0 saturated carbocycles. The Labute approximate surface area is 99.1 Å². The van der Waals surface area contributed by atoms with Crippen LogP contribution in [0.15, 0.2) is 10.6 Å². The Morgan fingerprint density at radius 1 is 1.75 bits per heavy atom. The molecule has 6 heteroatoms. The Morgan fingerprint density at radius 3 is 3.06 bits per heavy atom. The summed E-state index contributed by atoms with van der Waals surface area (Å²) in [5, 5.41) is 6.50. The topological polar surface area (TPSA) is 81.2 Å². The van der Waals surface area contributed by atoms with Crippen LogP contribution in [0.2, 0.25) is 0 Å². The van der Waals surface area contributed by atoms with Crippen LogP contribution in [-0.2, 0) is 11.3 Å². The second-order valence-corrected chi connectivity index (χ2v) is 4.52. The standard InChI is InChI=1S/C10H17N3O2S/c1-7-5-8(13-15-7)6-12-10(14)9(11)3-4-16-2/h5,9H,3-4,6,11H2,1-2H3,(H,12,14)/t9-/m1/s1. The first-order chi connectivity index (χ1) is 7.63. The van der Waals surface area contributed by atoms with Gasteiger partial charge in [-0.2, -0.15) is 11.8 Å². The van der Waals surface area contributed by atoms with Gasteiger partial charge >= 0.3 is 0 Å². The van der Waals surface area contributed by atoms with Crippen LogP contribution in [0.4, 0.5) is 0 Å². The molecular weight excluding hydrogens is 226 g/mol. The Morgan fingerprint density at radius 2 is 2.50 bits per heavy atom. The lowest BCUT2D eigenvalue weighted by Crippen LogP contribution is -2.40. The van der Waals surface area contributed by atoms with Gasteiger partial charge in [0, 0.05) is 6.07 Å². The van der Waals surface area contributed by atoms with Crippen LogP contribution in [0.1, 0.15) is 17.9 Å². The maximum atomic E-state index is 11.5. The van der Waals surface area contributed by atoms with Gasteiger partial charge in [-0.1, -0.05) is 5.16 Å². The third-order valence-corrected chi connectivity index (χ3v) is 2.73. The fraction of sp³-hybridized carbons (Fsp3) is 0.600. The molecule has 1 heterocycles. The van der Waals surface area contributed by atoms with E-state index in [1.165, 1.54) is 0 Å². The molecule has 0 aliphatic rings. The molecule has 0 fully saturated rings. The lowest BCUT2D eigenvalue weighted by molar-refractivity contribution is -0.122. The van der Waals surface area contributed by atoms with Crippen LogP contribution in [0.25, 0.3) is 0 Å². The predicted molar refractivity (Wildman–Crippen MR) is 64.1 cm³/mol. The van der Waals surface area contributed by atoms with Gasteiger partial charge in [-0.25, -0.2) is 0 Å². The Hall–Kier alpha value is -1.01. The monoisotopic (exact) mass is 243 g/mol. The zero-order chi connectivity index (χ0) is 12.0. The van der Waals surface area contributed by atoms with Crippen molar-refractivity contribution in [1.29, 1.82) is 0 Å². The van der Waals surface area contributed by atoms with Gasteiger partial charge in [0.25, 0.3) is 0 Å². The Kier molecular flexibility index (Phi) is 5.34. The average Bonchev–Trinajstić information content (AvgIpc) is 2.68. The van der Waals surface area contributed by atoms with Crippen LogP contribution < -0.4 is 11.1 Å². The molecule has 1 aromatic rings. The SMILES string of the molecule is CSCC[C@@H](N)C(=O)NCc1cc(C)on1. The number of amides is 1. The summed E-state index contributed by atoms with van der Waals surface area (Å²) in [6, 6.07) is 1.34. The van der Waals surface area contributed by atoms with Gasteiger partial charge in [-0.15, -0.1) is 0 Å². The van der Waals surface area contributed by atoms with E-state index in [9.17, 15) is 4.79 Å². The molecule has 16 heavy (non-hydrogen) atoms. The summed E-state index contributed by atoms with van der Waals surface area (Å²) in [7, 11) is 0. The van der Waals surface area contributed by atoms with E-state index in [2.05, 4.69) is 10.5 Å². The second kappa shape index (κ2) is 6.55. The fourth-order valence-electron chi connectivity index (χ4n) is 1.19. The molecule has 5 nitrogen and oxygen atoms in total. The van der Waals surface area contributed by atoms with E-state index < -0.39 is 6.04 Å². The van der Waals surface area contributed by atoms with E-state index in [-0.39, 0.29) is 5.91 Å².